The van der Waals surface area contributed by atoms with Gasteiger partial charge in [-0.3, -0.25) is 14.4 Å². The molecule has 2 rings (SSSR count). The van der Waals surface area contributed by atoms with E-state index in [9.17, 15) is 14.4 Å². The molecule has 0 aromatic rings. The lowest BCUT2D eigenvalue weighted by Gasteiger charge is -2.34. The normalized spacial score (nSPS) is 25.7. The van der Waals surface area contributed by atoms with Crippen molar-refractivity contribution in [3.05, 3.63) is 0 Å². The van der Waals surface area contributed by atoms with Crippen molar-refractivity contribution in [3.63, 3.8) is 0 Å². The number of piperidine rings is 1. The summed E-state index contributed by atoms with van der Waals surface area (Å²) < 4.78 is 5.03. The van der Waals surface area contributed by atoms with Gasteiger partial charge in [-0.2, -0.15) is 0 Å². The molecule has 0 radical (unpaired) electrons. The van der Waals surface area contributed by atoms with Crippen LogP contribution in [0, 0.1) is 5.92 Å². The molecule has 0 spiro atoms. The molecule has 0 aromatic heterocycles. The van der Waals surface area contributed by atoms with Gasteiger partial charge in [-0.25, -0.2) is 0 Å². The summed E-state index contributed by atoms with van der Waals surface area (Å²) in [6, 6.07) is -0.601. The minimum Gasteiger partial charge on any atom is -0.369 e. The summed E-state index contributed by atoms with van der Waals surface area (Å²) >= 11 is 0. The molecule has 2 aliphatic rings. The van der Waals surface area contributed by atoms with Gasteiger partial charge in [-0.1, -0.05) is 0 Å². The first-order valence-electron chi connectivity index (χ1n) is 6.03. The Morgan fingerprint density at radius 2 is 2.00 bits per heavy atom. The topological polar surface area (TPSA) is 102 Å². The van der Waals surface area contributed by atoms with E-state index in [2.05, 4.69) is 5.32 Å². The number of hydrogen-bond acceptors (Lipinski definition) is 4. The van der Waals surface area contributed by atoms with Crippen LogP contribution in [0.2, 0.25) is 0 Å². The summed E-state index contributed by atoms with van der Waals surface area (Å²) in [6.07, 6.45) is 1.17. The number of rotatable bonds is 2. The highest BCUT2D eigenvalue weighted by Gasteiger charge is 2.32. The molecule has 1 atom stereocenters. The number of carbonyl (C=O) groups excluding carboxylic acids is 3. The molecule has 2 saturated heterocycles. The van der Waals surface area contributed by atoms with E-state index in [1.54, 1.807) is 4.90 Å². The van der Waals surface area contributed by atoms with Crippen molar-refractivity contribution in [1.82, 2.24) is 10.2 Å². The van der Waals surface area contributed by atoms with Crippen LogP contribution in [0.3, 0.4) is 0 Å². The molecule has 2 aliphatic heterocycles. The molecular weight excluding hydrogens is 238 g/mol. The van der Waals surface area contributed by atoms with Crippen molar-refractivity contribution < 1.29 is 19.1 Å². The van der Waals surface area contributed by atoms with Crippen LogP contribution in [0.25, 0.3) is 0 Å². The highest BCUT2D eigenvalue weighted by Crippen LogP contribution is 2.17. The van der Waals surface area contributed by atoms with E-state index in [0.29, 0.717) is 25.9 Å². The van der Waals surface area contributed by atoms with E-state index in [4.69, 9.17) is 10.5 Å². The maximum Gasteiger partial charge on any atom is 0.247 e. The Hall–Kier alpha value is -1.63. The summed E-state index contributed by atoms with van der Waals surface area (Å²) in [6.45, 7) is 1.21. The summed E-state index contributed by atoms with van der Waals surface area (Å²) in [5, 5.41) is 2.60. The van der Waals surface area contributed by atoms with Gasteiger partial charge in [-0.05, 0) is 12.8 Å². The zero-order valence-corrected chi connectivity index (χ0v) is 10.1. The molecule has 0 aliphatic carbocycles. The zero-order valence-electron chi connectivity index (χ0n) is 10.1. The van der Waals surface area contributed by atoms with Crippen molar-refractivity contribution >= 4 is 17.7 Å². The molecule has 3 N–H and O–H groups in total. The standard InChI is InChI=1S/C11H17N3O4/c12-10(16)7-1-3-14(4-2-7)11(17)8-5-18-6-9(15)13-8/h7-8H,1-6H2,(H2,12,16)(H,13,15). The Morgan fingerprint density at radius 3 is 2.56 bits per heavy atom. The second-order valence-electron chi connectivity index (χ2n) is 4.64. The average molecular weight is 255 g/mol. The number of nitrogens with zero attached hydrogens (tertiary/aromatic N) is 1. The van der Waals surface area contributed by atoms with Crippen LogP contribution in [0.5, 0.6) is 0 Å². The number of nitrogens with one attached hydrogen (secondary N) is 1. The van der Waals surface area contributed by atoms with Crippen LogP contribution in [0.15, 0.2) is 0 Å². The summed E-state index contributed by atoms with van der Waals surface area (Å²) in [7, 11) is 0. The van der Waals surface area contributed by atoms with E-state index in [1.807, 2.05) is 0 Å². The summed E-state index contributed by atoms with van der Waals surface area (Å²) in [5.74, 6) is -0.875. The molecule has 2 fully saturated rings. The fourth-order valence-corrected chi connectivity index (χ4v) is 2.28. The number of primary amides is 1. The summed E-state index contributed by atoms with van der Waals surface area (Å²) in [4.78, 5) is 35.9. The van der Waals surface area contributed by atoms with Crippen LogP contribution in [0.1, 0.15) is 12.8 Å². The number of amides is 3. The zero-order chi connectivity index (χ0) is 13.1. The Morgan fingerprint density at radius 1 is 1.33 bits per heavy atom. The molecule has 1 unspecified atom stereocenters. The average Bonchev–Trinajstić information content (AvgIpc) is 2.38. The van der Waals surface area contributed by atoms with Crippen molar-refractivity contribution in [2.45, 2.75) is 18.9 Å². The second-order valence-corrected chi connectivity index (χ2v) is 4.64. The maximum atomic E-state index is 12.1. The fraction of sp³-hybridized carbons (Fsp3) is 0.727. The number of ether oxygens (including phenoxy) is 1. The van der Waals surface area contributed by atoms with E-state index >= 15 is 0 Å². The van der Waals surface area contributed by atoms with Gasteiger partial charge in [0, 0.05) is 19.0 Å². The molecule has 0 bridgehead atoms. The monoisotopic (exact) mass is 255 g/mol. The predicted molar refractivity (Wildman–Crippen MR) is 61.2 cm³/mol. The van der Waals surface area contributed by atoms with E-state index in [-0.39, 0.29) is 36.9 Å². The van der Waals surface area contributed by atoms with Crippen molar-refractivity contribution in [1.29, 1.82) is 0 Å². The van der Waals surface area contributed by atoms with Crippen LogP contribution >= 0.6 is 0 Å². The van der Waals surface area contributed by atoms with Crippen molar-refractivity contribution in [2.75, 3.05) is 26.3 Å². The number of morpholine rings is 1. The molecule has 100 valence electrons. The molecule has 0 aromatic carbocycles. The number of hydrogen-bond donors (Lipinski definition) is 2. The highest BCUT2D eigenvalue weighted by atomic mass is 16.5. The Bertz CT molecular complexity index is 363. The van der Waals surface area contributed by atoms with Gasteiger partial charge in [0.2, 0.25) is 17.7 Å². The summed E-state index contributed by atoms with van der Waals surface area (Å²) in [5.41, 5.74) is 5.23. The van der Waals surface area contributed by atoms with Gasteiger partial charge >= 0.3 is 0 Å². The first kappa shape index (κ1) is 12.8. The Kier molecular flexibility index (Phi) is 3.81. The smallest absolute Gasteiger partial charge is 0.247 e. The third-order valence-electron chi connectivity index (χ3n) is 3.36. The lowest BCUT2D eigenvalue weighted by atomic mass is 9.96. The first-order chi connectivity index (χ1) is 8.58. The molecular formula is C11H17N3O4. The van der Waals surface area contributed by atoms with Crippen LogP contribution in [0.4, 0.5) is 0 Å². The lowest BCUT2D eigenvalue weighted by molar-refractivity contribution is -0.145. The third-order valence-corrected chi connectivity index (χ3v) is 3.36. The van der Waals surface area contributed by atoms with Gasteiger partial charge in [0.15, 0.2) is 0 Å². The minimum absolute atomic E-state index is 0.00747. The molecule has 3 amide bonds. The van der Waals surface area contributed by atoms with Crippen LogP contribution < -0.4 is 11.1 Å². The SMILES string of the molecule is NC(=O)C1CCN(C(=O)C2COCC(=O)N2)CC1. The molecule has 18 heavy (non-hydrogen) atoms. The van der Waals surface area contributed by atoms with Gasteiger partial charge in [-0.15, -0.1) is 0 Å². The van der Waals surface area contributed by atoms with Gasteiger partial charge < -0.3 is 20.7 Å². The minimum atomic E-state index is -0.601. The van der Waals surface area contributed by atoms with Gasteiger partial charge in [0.1, 0.15) is 12.6 Å². The number of nitrogens with two attached hydrogens (primary N) is 1. The fourth-order valence-electron chi connectivity index (χ4n) is 2.28. The maximum absolute atomic E-state index is 12.1. The van der Waals surface area contributed by atoms with Crippen molar-refractivity contribution in [2.24, 2.45) is 11.7 Å². The predicted octanol–water partition coefficient (Wildman–Crippen LogP) is -1.77. The van der Waals surface area contributed by atoms with Crippen LogP contribution in [-0.4, -0.2) is 55.0 Å². The lowest BCUT2D eigenvalue weighted by Crippen LogP contribution is -2.56. The van der Waals surface area contributed by atoms with Gasteiger partial charge in [0.05, 0.1) is 6.61 Å². The van der Waals surface area contributed by atoms with E-state index < -0.39 is 6.04 Å². The Labute approximate surface area is 105 Å². The molecule has 2 heterocycles. The highest BCUT2D eigenvalue weighted by molar-refractivity contribution is 5.89. The second kappa shape index (κ2) is 5.34. The third kappa shape index (κ3) is 2.79. The molecule has 7 nitrogen and oxygen atoms in total. The first-order valence-corrected chi connectivity index (χ1v) is 6.03. The van der Waals surface area contributed by atoms with Crippen molar-refractivity contribution in [3.8, 4) is 0 Å². The molecule has 7 heteroatoms. The number of likely N-dealkylation sites (tertiary alicyclic amines) is 1. The van der Waals surface area contributed by atoms with Crippen LogP contribution in [-0.2, 0) is 19.1 Å². The molecule has 0 saturated carbocycles. The van der Waals surface area contributed by atoms with E-state index in [0.717, 1.165) is 0 Å². The van der Waals surface area contributed by atoms with E-state index in [1.165, 1.54) is 0 Å². The van der Waals surface area contributed by atoms with Gasteiger partial charge in [0.25, 0.3) is 0 Å². The number of carbonyl (C=O) groups is 3. The Balaban J connectivity index is 1.87. The quantitative estimate of drug-likeness (QED) is 0.609. The largest absolute Gasteiger partial charge is 0.369 e.